The molecular weight excluding hydrogens is 415 g/mol. The molecule has 1 aliphatic heterocycles. The molecule has 9 heteroatoms. The molecule has 0 saturated carbocycles. The fourth-order valence-electron chi connectivity index (χ4n) is 3.85. The van der Waals surface area contributed by atoms with Crippen molar-refractivity contribution < 1.29 is 23.3 Å². The summed E-state index contributed by atoms with van der Waals surface area (Å²) in [5, 5.41) is 3.93. The van der Waals surface area contributed by atoms with Crippen molar-refractivity contribution in [2.45, 2.75) is 24.8 Å². The zero-order valence-corrected chi connectivity index (χ0v) is 17.6. The topological polar surface area (TPSA) is 96.6 Å². The molecule has 0 aliphatic carbocycles. The smallest absolute Gasteiger partial charge is 0.246 e. The first-order valence-corrected chi connectivity index (χ1v) is 9.99. The summed E-state index contributed by atoms with van der Waals surface area (Å²) in [4.78, 5) is 45.0. The highest BCUT2D eigenvalue weighted by Gasteiger charge is 2.53. The SMILES string of the molecule is CN(Cc1nc(-c2ccccc2)no1)C(=O)CC1(c2cccc(F)c2)CC(=O)N(C)C1=O. The maximum atomic E-state index is 13.9. The van der Waals surface area contributed by atoms with Gasteiger partial charge in [-0.1, -0.05) is 47.6 Å². The Hall–Kier alpha value is -3.88. The van der Waals surface area contributed by atoms with Crippen LogP contribution in [0.25, 0.3) is 11.4 Å². The zero-order chi connectivity index (χ0) is 22.9. The number of likely N-dealkylation sites (tertiary alicyclic amines) is 1. The summed E-state index contributed by atoms with van der Waals surface area (Å²) in [5.41, 5.74) is -0.380. The largest absolute Gasteiger partial charge is 0.337 e. The quantitative estimate of drug-likeness (QED) is 0.551. The van der Waals surface area contributed by atoms with E-state index in [0.717, 1.165) is 10.5 Å². The molecule has 2 heterocycles. The molecule has 1 saturated heterocycles. The minimum atomic E-state index is -1.46. The summed E-state index contributed by atoms with van der Waals surface area (Å²) >= 11 is 0. The van der Waals surface area contributed by atoms with Crippen molar-refractivity contribution in [1.29, 1.82) is 0 Å². The van der Waals surface area contributed by atoms with Crippen LogP contribution >= 0.6 is 0 Å². The lowest BCUT2D eigenvalue weighted by Gasteiger charge is -2.28. The van der Waals surface area contributed by atoms with Crippen LogP contribution in [-0.4, -0.2) is 51.8 Å². The van der Waals surface area contributed by atoms with E-state index in [2.05, 4.69) is 10.1 Å². The molecular formula is C23H21FN4O4. The molecule has 1 unspecified atom stereocenters. The van der Waals surface area contributed by atoms with Crippen molar-refractivity contribution in [2.75, 3.05) is 14.1 Å². The summed E-state index contributed by atoms with van der Waals surface area (Å²) in [6.45, 7) is 0.0237. The summed E-state index contributed by atoms with van der Waals surface area (Å²) < 4.78 is 19.2. The van der Waals surface area contributed by atoms with Crippen molar-refractivity contribution in [3.8, 4) is 11.4 Å². The first kappa shape index (κ1) is 21.4. The molecule has 3 aromatic rings. The van der Waals surface area contributed by atoms with E-state index in [0.29, 0.717) is 11.4 Å². The van der Waals surface area contributed by atoms with E-state index >= 15 is 0 Å². The Morgan fingerprint density at radius 2 is 1.94 bits per heavy atom. The van der Waals surface area contributed by atoms with Crippen LogP contribution in [0.4, 0.5) is 4.39 Å². The van der Waals surface area contributed by atoms with E-state index < -0.39 is 29.0 Å². The summed E-state index contributed by atoms with van der Waals surface area (Å²) in [6.07, 6.45) is -0.494. The van der Waals surface area contributed by atoms with Gasteiger partial charge in [0.05, 0.1) is 12.0 Å². The molecule has 0 N–H and O–H groups in total. The molecule has 1 atom stereocenters. The molecule has 1 aromatic heterocycles. The third-order valence-electron chi connectivity index (χ3n) is 5.67. The second-order valence-corrected chi connectivity index (χ2v) is 7.83. The highest BCUT2D eigenvalue weighted by molar-refractivity contribution is 6.10. The Kier molecular flexibility index (Phi) is 5.56. The lowest BCUT2D eigenvalue weighted by Crippen LogP contribution is -2.41. The minimum Gasteiger partial charge on any atom is -0.337 e. The number of rotatable bonds is 6. The Morgan fingerprint density at radius 3 is 2.59 bits per heavy atom. The Balaban J connectivity index is 1.55. The number of nitrogens with zero attached hydrogens (tertiary/aromatic N) is 4. The van der Waals surface area contributed by atoms with Crippen molar-refractivity contribution in [2.24, 2.45) is 0 Å². The van der Waals surface area contributed by atoms with Crippen LogP contribution in [0.5, 0.6) is 0 Å². The molecule has 0 radical (unpaired) electrons. The molecule has 8 nitrogen and oxygen atoms in total. The van der Waals surface area contributed by atoms with Crippen LogP contribution < -0.4 is 0 Å². The molecule has 0 spiro atoms. The average Bonchev–Trinajstić information content (AvgIpc) is 3.34. The van der Waals surface area contributed by atoms with Crippen LogP contribution in [0.1, 0.15) is 24.3 Å². The normalized spacial score (nSPS) is 18.3. The molecule has 0 bridgehead atoms. The Morgan fingerprint density at radius 1 is 1.19 bits per heavy atom. The van der Waals surface area contributed by atoms with Gasteiger partial charge in [0.25, 0.3) is 0 Å². The second kappa shape index (κ2) is 8.33. The third kappa shape index (κ3) is 3.89. The third-order valence-corrected chi connectivity index (χ3v) is 5.67. The van der Waals surface area contributed by atoms with Gasteiger partial charge in [-0.25, -0.2) is 4.39 Å². The van der Waals surface area contributed by atoms with E-state index in [1.54, 1.807) is 13.1 Å². The van der Waals surface area contributed by atoms with Crippen molar-refractivity contribution >= 4 is 17.7 Å². The number of amides is 3. The van der Waals surface area contributed by atoms with Crippen LogP contribution in [0.15, 0.2) is 59.1 Å². The Labute approximate surface area is 183 Å². The number of hydrogen-bond donors (Lipinski definition) is 0. The maximum Gasteiger partial charge on any atom is 0.246 e. The van der Waals surface area contributed by atoms with E-state index in [1.165, 1.54) is 30.1 Å². The first-order chi connectivity index (χ1) is 15.3. The number of imide groups is 1. The molecule has 1 aliphatic rings. The van der Waals surface area contributed by atoms with Gasteiger partial charge in [0.1, 0.15) is 5.82 Å². The summed E-state index contributed by atoms with van der Waals surface area (Å²) in [6, 6.07) is 14.7. The van der Waals surface area contributed by atoms with Crippen LogP contribution in [-0.2, 0) is 26.3 Å². The van der Waals surface area contributed by atoms with Crippen molar-refractivity contribution in [3.63, 3.8) is 0 Å². The molecule has 1 fully saturated rings. The fourth-order valence-corrected chi connectivity index (χ4v) is 3.85. The van der Waals surface area contributed by atoms with Gasteiger partial charge in [-0.3, -0.25) is 19.3 Å². The van der Waals surface area contributed by atoms with E-state index in [4.69, 9.17) is 4.52 Å². The monoisotopic (exact) mass is 436 g/mol. The number of carbonyl (C=O) groups excluding carboxylic acids is 3. The highest BCUT2D eigenvalue weighted by Crippen LogP contribution is 2.40. The number of halogens is 1. The number of aromatic nitrogens is 2. The number of likely N-dealkylation sites (N-methyl/N-ethyl adjacent to an activating group) is 1. The first-order valence-electron chi connectivity index (χ1n) is 9.99. The van der Waals surface area contributed by atoms with E-state index in [9.17, 15) is 18.8 Å². The zero-order valence-electron chi connectivity index (χ0n) is 17.6. The lowest BCUT2D eigenvalue weighted by molar-refractivity contribution is -0.141. The van der Waals surface area contributed by atoms with Crippen molar-refractivity contribution in [3.05, 3.63) is 71.9 Å². The minimum absolute atomic E-state index is 0.0237. The lowest BCUT2D eigenvalue weighted by atomic mass is 9.75. The molecule has 4 rings (SSSR count). The van der Waals surface area contributed by atoms with Gasteiger partial charge in [-0.05, 0) is 17.7 Å². The molecule has 32 heavy (non-hydrogen) atoms. The van der Waals surface area contributed by atoms with Gasteiger partial charge in [-0.2, -0.15) is 4.98 Å². The molecule has 3 amide bonds. The predicted octanol–water partition coefficient (Wildman–Crippen LogP) is 2.55. The second-order valence-electron chi connectivity index (χ2n) is 7.83. The standard InChI is InChI=1S/C23H21FN4O4/c1-27(14-18-25-21(26-32-18)15-7-4-3-5-8-15)19(29)12-23(13-20(30)28(2)22(23)31)16-9-6-10-17(24)11-16/h3-11H,12-14H2,1-2H3. The van der Waals surface area contributed by atoms with Gasteiger partial charge in [0.15, 0.2) is 0 Å². The van der Waals surface area contributed by atoms with E-state index in [-0.39, 0.29) is 25.3 Å². The maximum absolute atomic E-state index is 13.9. The van der Waals surface area contributed by atoms with Gasteiger partial charge in [0, 0.05) is 32.5 Å². The van der Waals surface area contributed by atoms with Crippen molar-refractivity contribution in [1.82, 2.24) is 19.9 Å². The van der Waals surface area contributed by atoms with E-state index in [1.807, 2.05) is 30.3 Å². The summed E-state index contributed by atoms with van der Waals surface area (Å²) in [5.74, 6) is -1.28. The number of hydrogen-bond acceptors (Lipinski definition) is 6. The Bertz CT molecular complexity index is 1180. The number of benzene rings is 2. The van der Waals surface area contributed by atoms with Gasteiger partial charge < -0.3 is 9.42 Å². The van der Waals surface area contributed by atoms with Crippen LogP contribution in [0.3, 0.4) is 0 Å². The fraction of sp³-hybridized carbons (Fsp3) is 0.261. The molecule has 164 valence electrons. The van der Waals surface area contributed by atoms with Gasteiger partial charge >= 0.3 is 0 Å². The van der Waals surface area contributed by atoms with Crippen LogP contribution in [0, 0.1) is 5.82 Å². The van der Waals surface area contributed by atoms with Crippen LogP contribution in [0.2, 0.25) is 0 Å². The van der Waals surface area contributed by atoms with Gasteiger partial charge in [0.2, 0.25) is 29.4 Å². The highest BCUT2D eigenvalue weighted by atomic mass is 19.1. The summed E-state index contributed by atoms with van der Waals surface area (Å²) in [7, 11) is 2.91. The number of carbonyl (C=O) groups is 3. The predicted molar refractivity (Wildman–Crippen MR) is 111 cm³/mol. The molecule has 2 aromatic carbocycles. The van der Waals surface area contributed by atoms with Gasteiger partial charge in [-0.15, -0.1) is 0 Å². The average molecular weight is 436 g/mol.